The summed E-state index contributed by atoms with van der Waals surface area (Å²) in [4.78, 5) is 26.9. The molecule has 25 heavy (non-hydrogen) atoms. The van der Waals surface area contributed by atoms with Crippen LogP contribution in [0.2, 0.25) is 0 Å². The van der Waals surface area contributed by atoms with Crippen molar-refractivity contribution >= 4 is 17.5 Å². The number of hydrogen-bond acceptors (Lipinski definition) is 3. The lowest BCUT2D eigenvalue weighted by Gasteiger charge is -2.32. The third-order valence-corrected chi connectivity index (χ3v) is 4.50. The Morgan fingerprint density at radius 2 is 1.92 bits per heavy atom. The van der Waals surface area contributed by atoms with Crippen LogP contribution < -0.4 is 5.32 Å². The quantitative estimate of drug-likeness (QED) is 0.903. The van der Waals surface area contributed by atoms with Gasteiger partial charge in [0.1, 0.15) is 5.75 Å². The van der Waals surface area contributed by atoms with Gasteiger partial charge in [-0.2, -0.15) is 0 Å². The first-order valence-corrected chi connectivity index (χ1v) is 8.49. The highest BCUT2D eigenvalue weighted by Gasteiger charge is 2.29. The summed E-state index contributed by atoms with van der Waals surface area (Å²) in [6, 6.07) is 14.3. The molecule has 0 aliphatic carbocycles. The summed E-state index contributed by atoms with van der Waals surface area (Å²) in [6.07, 6.45) is 1.52. The summed E-state index contributed by atoms with van der Waals surface area (Å²) in [7, 11) is 0. The molecule has 1 atom stereocenters. The monoisotopic (exact) mass is 338 g/mol. The molecule has 0 bridgehead atoms. The third kappa shape index (κ3) is 3.99. The van der Waals surface area contributed by atoms with Gasteiger partial charge in [-0.3, -0.25) is 9.59 Å². The lowest BCUT2D eigenvalue weighted by molar-refractivity contribution is -0.121. The van der Waals surface area contributed by atoms with Gasteiger partial charge in [-0.05, 0) is 44.0 Å². The average molecular weight is 338 g/mol. The molecule has 1 heterocycles. The fourth-order valence-corrected chi connectivity index (χ4v) is 3.13. The molecule has 5 nitrogen and oxygen atoms in total. The topological polar surface area (TPSA) is 69.6 Å². The Kier molecular flexibility index (Phi) is 5.03. The Morgan fingerprint density at radius 1 is 1.16 bits per heavy atom. The molecular weight excluding hydrogens is 316 g/mol. The Balaban J connectivity index is 1.69. The van der Waals surface area contributed by atoms with Crippen molar-refractivity contribution in [1.29, 1.82) is 0 Å². The number of para-hydroxylation sites is 1. The van der Waals surface area contributed by atoms with Crippen LogP contribution in [-0.2, 0) is 4.79 Å². The third-order valence-electron chi connectivity index (χ3n) is 4.50. The van der Waals surface area contributed by atoms with E-state index in [0.717, 1.165) is 24.1 Å². The highest BCUT2D eigenvalue weighted by Crippen LogP contribution is 2.24. The number of phenols is 1. The fraction of sp³-hybridized carbons (Fsp3) is 0.300. The van der Waals surface area contributed by atoms with E-state index in [0.29, 0.717) is 18.7 Å². The largest absolute Gasteiger partial charge is 0.507 e. The molecule has 1 fully saturated rings. The Hall–Kier alpha value is -2.82. The van der Waals surface area contributed by atoms with E-state index in [1.165, 1.54) is 6.07 Å². The van der Waals surface area contributed by atoms with Crippen molar-refractivity contribution < 1.29 is 14.7 Å². The summed E-state index contributed by atoms with van der Waals surface area (Å²) in [5.41, 5.74) is 1.97. The Labute approximate surface area is 147 Å². The van der Waals surface area contributed by atoms with Crippen LogP contribution in [0.25, 0.3) is 0 Å². The average Bonchev–Trinajstić information content (AvgIpc) is 2.64. The maximum atomic E-state index is 12.7. The van der Waals surface area contributed by atoms with E-state index in [-0.39, 0.29) is 23.5 Å². The minimum atomic E-state index is -0.246. The van der Waals surface area contributed by atoms with Gasteiger partial charge in [-0.1, -0.05) is 29.8 Å². The molecule has 0 radical (unpaired) electrons. The Bertz CT molecular complexity index is 774. The van der Waals surface area contributed by atoms with Gasteiger partial charge >= 0.3 is 0 Å². The van der Waals surface area contributed by atoms with Crippen molar-refractivity contribution in [2.75, 3.05) is 18.4 Å². The smallest absolute Gasteiger partial charge is 0.257 e. The van der Waals surface area contributed by atoms with Gasteiger partial charge in [0, 0.05) is 18.8 Å². The highest BCUT2D eigenvalue weighted by molar-refractivity contribution is 5.98. The lowest BCUT2D eigenvalue weighted by atomic mass is 9.96. The molecule has 1 aliphatic heterocycles. The van der Waals surface area contributed by atoms with Gasteiger partial charge in [-0.25, -0.2) is 0 Å². The van der Waals surface area contributed by atoms with Crippen LogP contribution in [0, 0.1) is 12.8 Å². The van der Waals surface area contributed by atoms with Crippen molar-refractivity contribution in [2.24, 2.45) is 5.92 Å². The number of piperidine rings is 1. The number of benzene rings is 2. The van der Waals surface area contributed by atoms with Crippen LogP contribution in [0.15, 0.2) is 48.5 Å². The number of carbonyl (C=O) groups excluding carboxylic acids is 2. The molecule has 5 heteroatoms. The SMILES string of the molecule is Cc1ccc(O)c(C(=O)N2CCCC(C(=O)Nc3ccccc3)C2)c1. The predicted molar refractivity (Wildman–Crippen MR) is 96.5 cm³/mol. The molecule has 2 amide bonds. The van der Waals surface area contributed by atoms with E-state index >= 15 is 0 Å². The predicted octanol–water partition coefficient (Wildman–Crippen LogP) is 3.19. The second-order valence-corrected chi connectivity index (χ2v) is 6.47. The summed E-state index contributed by atoms with van der Waals surface area (Å²) in [6.45, 7) is 2.84. The van der Waals surface area contributed by atoms with E-state index < -0.39 is 0 Å². The van der Waals surface area contributed by atoms with Crippen LogP contribution in [0.3, 0.4) is 0 Å². The lowest BCUT2D eigenvalue weighted by Crippen LogP contribution is -2.43. The van der Waals surface area contributed by atoms with Crippen LogP contribution in [0.4, 0.5) is 5.69 Å². The molecule has 0 aromatic heterocycles. The van der Waals surface area contributed by atoms with E-state index in [1.807, 2.05) is 37.3 Å². The van der Waals surface area contributed by atoms with Gasteiger partial charge < -0.3 is 15.3 Å². The molecule has 1 aliphatic rings. The van der Waals surface area contributed by atoms with Gasteiger partial charge in [0.25, 0.3) is 5.91 Å². The molecule has 2 aromatic rings. The molecule has 1 saturated heterocycles. The summed E-state index contributed by atoms with van der Waals surface area (Å²) >= 11 is 0. The maximum absolute atomic E-state index is 12.7. The van der Waals surface area contributed by atoms with Gasteiger partial charge in [0.2, 0.25) is 5.91 Å². The maximum Gasteiger partial charge on any atom is 0.257 e. The second-order valence-electron chi connectivity index (χ2n) is 6.47. The molecular formula is C20H22N2O3. The summed E-state index contributed by atoms with van der Waals surface area (Å²) in [5, 5.41) is 12.9. The van der Waals surface area contributed by atoms with Gasteiger partial charge in [0.15, 0.2) is 0 Å². The molecule has 130 valence electrons. The molecule has 2 N–H and O–H groups in total. The standard InChI is InChI=1S/C20H22N2O3/c1-14-9-10-18(23)17(12-14)20(25)22-11-5-6-15(13-22)19(24)21-16-7-3-2-4-8-16/h2-4,7-10,12,15,23H,5-6,11,13H2,1H3,(H,21,24). The van der Waals surface area contributed by atoms with Crippen LogP contribution >= 0.6 is 0 Å². The minimum Gasteiger partial charge on any atom is -0.507 e. The fourth-order valence-electron chi connectivity index (χ4n) is 3.13. The normalized spacial score (nSPS) is 17.2. The van der Waals surface area contributed by atoms with Gasteiger partial charge in [0.05, 0.1) is 11.5 Å². The number of likely N-dealkylation sites (tertiary alicyclic amines) is 1. The minimum absolute atomic E-state index is 0.0218. The number of nitrogens with zero attached hydrogens (tertiary/aromatic N) is 1. The zero-order valence-corrected chi connectivity index (χ0v) is 14.2. The van der Waals surface area contributed by atoms with Crippen LogP contribution in [0.5, 0.6) is 5.75 Å². The number of amides is 2. The number of aromatic hydroxyl groups is 1. The first-order valence-electron chi connectivity index (χ1n) is 8.49. The number of carbonyl (C=O) groups is 2. The van der Waals surface area contributed by atoms with E-state index in [4.69, 9.17) is 0 Å². The molecule has 1 unspecified atom stereocenters. The van der Waals surface area contributed by atoms with E-state index in [2.05, 4.69) is 5.32 Å². The highest BCUT2D eigenvalue weighted by atomic mass is 16.3. The second kappa shape index (κ2) is 7.38. The first-order chi connectivity index (χ1) is 12.0. The van der Waals surface area contributed by atoms with Crippen molar-refractivity contribution in [3.05, 3.63) is 59.7 Å². The molecule has 0 spiro atoms. The van der Waals surface area contributed by atoms with Crippen molar-refractivity contribution in [3.8, 4) is 5.75 Å². The summed E-state index contributed by atoms with van der Waals surface area (Å²) < 4.78 is 0. The number of hydrogen-bond donors (Lipinski definition) is 2. The van der Waals surface area contributed by atoms with Crippen molar-refractivity contribution in [1.82, 2.24) is 4.90 Å². The zero-order chi connectivity index (χ0) is 17.8. The van der Waals surface area contributed by atoms with E-state index in [1.54, 1.807) is 17.0 Å². The zero-order valence-electron chi connectivity index (χ0n) is 14.2. The number of phenolic OH excluding ortho intramolecular Hbond substituents is 1. The van der Waals surface area contributed by atoms with Crippen molar-refractivity contribution in [2.45, 2.75) is 19.8 Å². The van der Waals surface area contributed by atoms with Crippen LogP contribution in [-0.4, -0.2) is 34.9 Å². The number of aryl methyl sites for hydroxylation is 1. The van der Waals surface area contributed by atoms with Gasteiger partial charge in [-0.15, -0.1) is 0 Å². The molecule has 2 aromatic carbocycles. The Morgan fingerprint density at radius 3 is 2.68 bits per heavy atom. The number of nitrogens with one attached hydrogen (secondary N) is 1. The van der Waals surface area contributed by atoms with Crippen LogP contribution in [0.1, 0.15) is 28.8 Å². The number of anilines is 1. The molecule has 0 saturated carbocycles. The molecule has 3 rings (SSSR count). The van der Waals surface area contributed by atoms with Crippen molar-refractivity contribution in [3.63, 3.8) is 0 Å². The number of rotatable bonds is 3. The van der Waals surface area contributed by atoms with E-state index in [9.17, 15) is 14.7 Å². The summed E-state index contributed by atoms with van der Waals surface area (Å²) in [5.74, 6) is -0.563. The first kappa shape index (κ1) is 17.0.